The number of benzene rings is 2. The van der Waals surface area contributed by atoms with Gasteiger partial charge in [0, 0.05) is 5.56 Å². The number of hydrogen-bond acceptors (Lipinski definition) is 5. The molecule has 0 aliphatic rings. The number of carboxylic acids is 2. The first kappa shape index (κ1) is 27.8. The van der Waals surface area contributed by atoms with Crippen LogP contribution in [0.2, 0.25) is 0 Å². The Morgan fingerprint density at radius 3 is 2.10 bits per heavy atom. The molecule has 3 N–H and O–H groups in total. The molecule has 2 aromatic rings. The third-order valence-electron chi connectivity index (χ3n) is 3.92. The minimum Gasteiger partial charge on any atom is -0.494 e. The summed E-state index contributed by atoms with van der Waals surface area (Å²) in [5.74, 6) is -0.910. The van der Waals surface area contributed by atoms with Crippen molar-refractivity contribution < 1.29 is 29.3 Å². The summed E-state index contributed by atoms with van der Waals surface area (Å²) < 4.78 is 10.7. The van der Waals surface area contributed by atoms with Crippen LogP contribution in [0.3, 0.4) is 0 Å². The summed E-state index contributed by atoms with van der Waals surface area (Å²) in [6, 6.07) is 12.8. The van der Waals surface area contributed by atoms with Crippen molar-refractivity contribution in [2.75, 3.05) is 25.1 Å². The minimum atomic E-state index is -0.892. The van der Waals surface area contributed by atoms with Crippen molar-refractivity contribution >= 4 is 17.6 Å². The Bertz CT molecular complexity index is 806. The maximum atomic E-state index is 10.9. The fourth-order valence-corrected chi connectivity index (χ4v) is 2.48. The lowest BCUT2D eigenvalue weighted by Gasteiger charge is -2.13. The first-order valence-corrected chi connectivity index (χ1v) is 10.4. The molecule has 0 saturated heterocycles. The zero-order valence-corrected chi connectivity index (χ0v) is 19.3. The van der Waals surface area contributed by atoms with Gasteiger partial charge >= 0.3 is 11.9 Å². The lowest BCUT2D eigenvalue weighted by molar-refractivity contribution is -0.138. The number of ether oxygens (including phenoxy) is 2. The van der Waals surface area contributed by atoms with E-state index >= 15 is 0 Å². The third-order valence-corrected chi connectivity index (χ3v) is 3.92. The Hall–Kier alpha value is -3.22. The molecule has 0 bridgehead atoms. The van der Waals surface area contributed by atoms with Crippen LogP contribution in [-0.2, 0) is 9.59 Å². The highest BCUT2D eigenvalue weighted by molar-refractivity contribution is 5.76. The van der Waals surface area contributed by atoms with Crippen LogP contribution < -0.4 is 14.8 Å². The predicted molar refractivity (Wildman–Crippen MR) is 123 cm³/mol. The molecular weight excluding hydrogens is 398 g/mol. The SMILES string of the molecule is CC.CCOc1cc(C)ccc1C(C)C(=O)O.CCOc1ccccc1NCC(=O)O. The maximum absolute atomic E-state index is 10.9. The summed E-state index contributed by atoms with van der Waals surface area (Å²) in [6.07, 6.45) is 0. The van der Waals surface area contributed by atoms with Gasteiger partial charge in [-0.05, 0) is 51.5 Å². The fourth-order valence-electron chi connectivity index (χ4n) is 2.48. The van der Waals surface area contributed by atoms with Crippen molar-refractivity contribution in [3.8, 4) is 11.5 Å². The Balaban J connectivity index is 0.000000539. The number of rotatable bonds is 9. The molecule has 7 heteroatoms. The van der Waals surface area contributed by atoms with Crippen LogP contribution in [0, 0.1) is 6.92 Å². The van der Waals surface area contributed by atoms with E-state index in [0.29, 0.717) is 30.4 Å². The highest BCUT2D eigenvalue weighted by atomic mass is 16.5. The van der Waals surface area contributed by atoms with E-state index in [2.05, 4.69) is 5.32 Å². The molecule has 2 rings (SSSR count). The van der Waals surface area contributed by atoms with Gasteiger partial charge in [0.25, 0.3) is 0 Å². The number of anilines is 1. The lowest BCUT2D eigenvalue weighted by atomic mass is 9.99. The number of nitrogens with one attached hydrogen (secondary N) is 1. The second kappa shape index (κ2) is 15.6. The van der Waals surface area contributed by atoms with Gasteiger partial charge in [0.15, 0.2) is 0 Å². The number of hydrogen-bond donors (Lipinski definition) is 3. The molecule has 0 spiro atoms. The topological polar surface area (TPSA) is 105 Å². The number of carbonyl (C=O) groups is 2. The average molecular weight is 434 g/mol. The van der Waals surface area contributed by atoms with Gasteiger partial charge in [-0.3, -0.25) is 9.59 Å². The third kappa shape index (κ3) is 10.4. The first-order valence-electron chi connectivity index (χ1n) is 10.4. The van der Waals surface area contributed by atoms with Gasteiger partial charge in [0.2, 0.25) is 0 Å². The molecule has 0 fully saturated rings. The van der Waals surface area contributed by atoms with Crippen molar-refractivity contribution in [3.05, 3.63) is 53.6 Å². The Kier molecular flexibility index (Phi) is 14.0. The molecule has 0 heterocycles. The summed E-state index contributed by atoms with van der Waals surface area (Å²) in [4.78, 5) is 21.2. The minimum absolute atomic E-state index is 0.107. The smallest absolute Gasteiger partial charge is 0.322 e. The van der Waals surface area contributed by atoms with Crippen molar-refractivity contribution in [1.29, 1.82) is 0 Å². The molecule has 172 valence electrons. The monoisotopic (exact) mass is 433 g/mol. The summed E-state index contributed by atoms with van der Waals surface area (Å²) >= 11 is 0. The highest BCUT2D eigenvalue weighted by Gasteiger charge is 2.18. The summed E-state index contributed by atoms with van der Waals surface area (Å²) in [6.45, 7) is 12.4. The van der Waals surface area contributed by atoms with Crippen LogP contribution in [0.1, 0.15) is 51.7 Å². The normalized spacial score (nSPS) is 10.4. The summed E-state index contributed by atoms with van der Waals surface area (Å²) in [5, 5.41) is 20.2. The van der Waals surface area contributed by atoms with Crippen LogP contribution in [0.4, 0.5) is 5.69 Å². The molecule has 31 heavy (non-hydrogen) atoms. The number of aliphatic carboxylic acids is 2. The van der Waals surface area contributed by atoms with Gasteiger partial charge in [0.05, 0.1) is 24.8 Å². The average Bonchev–Trinajstić information content (AvgIpc) is 2.75. The van der Waals surface area contributed by atoms with Crippen LogP contribution >= 0.6 is 0 Å². The number of aryl methyl sites for hydroxylation is 1. The van der Waals surface area contributed by atoms with Gasteiger partial charge in [-0.25, -0.2) is 0 Å². The molecule has 1 atom stereocenters. The first-order chi connectivity index (χ1) is 14.8. The molecular formula is C24H35NO6. The van der Waals surface area contributed by atoms with Gasteiger partial charge in [0.1, 0.15) is 18.0 Å². The van der Waals surface area contributed by atoms with Crippen molar-refractivity contribution in [2.45, 2.75) is 47.5 Å². The van der Waals surface area contributed by atoms with Crippen LogP contribution in [-0.4, -0.2) is 41.9 Å². The van der Waals surface area contributed by atoms with Gasteiger partial charge in [-0.2, -0.15) is 0 Å². The Morgan fingerprint density at radius 1 is 0.968 bits per heavy atom. The Morgan fingerprint density at radius 2 is 1.55 bits per heavy atom. The molecule has 2 aromatic carbocycles. The quantitative estimate of drug-likeness (QED) is 0.500. The molecule has 0 radical (unpaired) electrons. The molecule has 7 nitrogen and oxygen atoms in total. The van der Waals surface area contributed by atoms with Crippen molar-refractivity contribution in [2.24, 2.45) is 0 Å². The highest BCUT2D eigenvalue weighted by Crippen LogP contribution is 2.28. The van der Waals surface area contributed by atoms with Gasteiger partial charge in [-0.15, -0.1) is 0 Å². The van der Waals surface area contributed by atoms with Gasteiger partial charge in [-0.1, -0.05) is 38.1 Å². The molecule has 1 unspecified atom stereocenters. The van der Waals surface area contributed by atoms with E-state index in [9.17, 15) is 9.59 Å². The second-order valence-electron chi connectivity index (χ2n) is 6.21. The molecule has 0 saturated carbocycles. The lowest BCUT2D eigenvalue weighted by Crippen LogP contribution is -2.13. The van der Waals surface area contributed by atoms with Crippen molar-refractivity contribution in [1.82, 2.24) is 0 Å². The fraction of sp³-hybridized carbons (Fsp3) is 0.417. The van der Waals surface area contributed by atoms with Gasteiger partial charge < -0.3 is 25.0 Å². The Labute approximate surface area is 185 Å². The molecule has 0 aliphatic heterocycles. The van der Waals surface area contributed by atoms with E-state index in [1.807, 2.05) is 65.0 Å². The van der Waals surface area contributed by atoms with E-state index in [1.54, 1.807) is 19.1 Å². The number of para-hydroxylation sites is 2. The van der Waals surface area contributed by atoms with E-state index in [4.69, 9.17) is 19.7 Å². The van der Waals surface area contributed by atoms with E-state index in [-0.39, 0.29) is 6.54 Å². The zero-order valence-electron chi connectivity index (χ0n) is 19.3. The molecule has 0 amide bonds. The largest absolute Gasteiger partial charge is 0.494 e. The molecule has 0 aliphatic carbocycles. The summed E-state index contributed by atoms with van der Waals surface area (Å²) in [5.41, 5.74) is 2.51. The van der Waals surface area contributed by atoms with E-state index < -0.39 is 17.9 Å². The van der Waals surface area contributed by atoms with Crippen molar-refractivity contribution in [3.63, 3.8) is 0 Å². The standard InChI is InChI=1S/C12H16O3.C10H13NO3.C2H6/c1-4-15-11-7-8(2)5-6-10(11)9(3)12(13)14;1-2-14-9-6-4-3-5-8(9)11-7-10(12)13;1-2/h5-7,9H,4H2,1-3H3,(H,13,14);3-6,11H,2,7H2,1H3,(H,12,13);1-2H3. The van der Waals surface area contributed by atoms with E-state index in [1.165, 1.54) is 0 Å². The second-order valence-corrected chi connectivity index (χ2v) is 6.21. The number of carboxylic acid groups (broad SMARTS) is 2. The predicted octanol–water partition coefficient (Wildman–Crippen LogP) is 5.19. The van der Waals surface area contributed by atoms with Crippen LogP contribution in [0.15, 0.2) is 42.5 Å². The van der Waals surface area contributed by atoms with Crippen LogP contribution in [0.5, 0.6) is 11.5 Å². The zero-order chi connectivity index (χ0) is 23.8. The summed E-state index contributed by atoms with van der Waals surface area (Å²) in [7, 11) is 0. The van der Waals surface area contributed by atoms with E-state index in [0.717, 1.165) is 11.1 Å². The maximum Gasteiger partial charge on any atom is 0.322 e. The molecule has 0 aromatic heterocycles. The van der Waals surface area contributed by atoms with Crippen LogP contribution in [0.25, 0.3) is 0 Å².